The van der Waals surface area contributed by atoms with Crippen LogP contribution in [0.2, 0.25) is 0 Å². The lowest BCUT2D eigenvalue weighted by Crippen LogP contribution is -2.38. The molecule has 0 radical (unpaired) electrons. The highest BCUT2D eigenvalue weighted by molar-refractivity contribution is 5.91. The van der Waals surface area contributed by atoms with E-state index in [1.807, 2.05) is 18.2 Å². The third-order valence-electron chi connectivity index (χ3n) is 6.23. The van der Waals surface area contributed by atoms with Crippen molar-refractivity contribution in [3.63, 3.8) is 0 Å². The number of carbonyl (C=O) groups excluding carboxylic acids is 1. The predicted octanol–water partition coefficient (Wildman–Crippen LogP) is 4.37. The summed E-state index contributed by atoms with van der Waals surface area (Å²) < 4.78 is 14.1. The van der Waals surface area contributed by atoms with E-state index in [1.54, 1.807) is 4.90 Å². The Balaban J connectivity index is 1.40. The maximum absolute atomic E-state index is 14.1. The summed E-state index contributed by atoms with van der Waals surface area (Å²) in [4.78, 5) is 26.4. The highest BCUT2D eigenvalue weighted by Gasteiger charge is 2.46. The Hall–Kier alpha value is -3.21. The Bertz CT molecular complexity index is 1150. The van der Waals surface area contributed by atoms with Crippen molar-refractivity contribution in [3.8, 4) is 0 Å². The predicted molar refractivity (Wildman–Crippen MR) is 107 cm³/mol. The minimum Gasteiger partial charge on any atom is -0.478 e. The van der Waals surface area contributed by atoms with E-state index in [9.17, 15) is 19.1 Å². The molecule has 2 atom stereocenters. The smallest absolute Gasteiger partial charge is 0.336 e. The number of hydrogen-bond donors (Lipinski definition) is 1. The first-order valence-corrected chi connectivity index (χ1v) is 9.84. The van der Waals surface area contributed by atoms with Crippen molar-refractivity contribution in [1.29, 1.82) is 0 Å². The van der Waals surface area contributed by atoms with Crippen LogP contribution in [0.15, 0.2) is 54.6 Å². The van der Waals surface area contributed by atoms with Crippen LogP contribution in [-0.2, 0) is 17.8 Å². The Morgan fingerprint density at radius 3 is 2.62 bits per heavy atom. The lowest BCUT2D eigenvalue weighted by Gasteiger charge is -2.30. The minimum absolute atomic E-state index is 0.0363. The molecule has 1 aliphatic carbocycles. The van der Waals surface area contributed by atoms with Gasteiger partial charge in [0.05, 0.1) is 5.56 Å². The SMILES string of the molecule is O=C(O)c1ccc(F)c2c1CN(C(=O)C1CC1c1cccc3ccccc13)CC2. The second kappa shape index (κ2) is 6.69. The van der Waals surface area contributed by atoms with E-state index >= 15 is 0 Å². The number of amides is 1. The average molecular weight is 389 g/mol. The van der Waals surface area contributed by atoms with Gasteiger partial charge in [-0.2, -0.15) is 0 Å². The number of nitrogens with zero attached hydrogens (tertiary/aromatic N) is 1. The molecule has 1 saturated carbocycles. The number of carboxylic acids is 1. The highest BCUT2D eigenvalue weighted by atomic mass is 19.1. The molecule has 29 heavy (non-hydrogen) atoms. The first-order chi connectivity index (χ1) is 14.0. The molecule has 1 heterocycles. The minimum atomic E-state index is -1.09. The van der Waals surface area contributed by atoms with E-state index in [0.29, 0.717) is 24.1 Å². The zero-order valence-electron chi connectivity index (χ0n) is 15.8. The molecule has 2 unspecified atom stereocenters. The van der Waals surface area contributed by atoms with Crippen LogP contribution in [0, 0.1) is 11.7 Å². The van der Waals surface area contributed by atoms with Gasteiger partial charge in [0.15, 0.2) is 0 Å². The second-order valence-corrected chi connectivity index (χ2v) is 7.88. The molecule has 1 fully saturated rings. The molecule has 3 aromatic rings. The lowest BCUT2D eigenvalue weighted by molar-refractivity contribution is -0.133. The van der Waals surface area contributed by atoms with Gasteiger partial charge < -0.3 is 10.0 Å². The number of rotatable bonds is 3. The van der Waals surface area contributed by atoms with Crippen LogP contribution in [-0.4, -0.2) is 28.4 Å². The number of benzene rings is 3. The Morgan fingerprint density at radius 2 is 1.79 bits per heavy atom. The summed E-state index contributed by atoms with van der Waals surface area (Å²) in [6.07, 6.45) is 1.14. The monoisotopic (exact) mass is 389 g/mol. The quantitative estimate of drug-likeness (QED) is 0.724. The van der Waals surface area contributed by atoms with Crippen molar-refractivity contribution in [2.75, 3.05) is 6.54 Å². The molecule has 1 aliphatic heterocycles. The second-order valence-electron chi connectivity index (χ2n) is 7.88. The van der Waals surface area contributed by atoms with Crippen LogP contribution in [0.1, 0.15) is 39.4 Å². The van der Waals surface area contributed by atoms with Crippen LogP contribution in [0.4, 0.5) is 4.39 Å². The molecule has 3 aromatic carbocycles. The third-order valence-corrected chi connectivity index (χ3v) is 6.23. The lowest BCUT2D eigenvalue weighted by atomic mass is 9.93. The molecule has 5 heteroatoms. The molecule has 1 amide bonds. The summed E-state index contributed by atoms with van der Waals surface area (Å²) in [6.45, 7) is 0.580. The molecule has 5 rings (SSSR count). The fraction of sp³-hybridized carbons (Fsp3) is 0.250. The van der Waals surface area contributed by atoms with E-state index in [2.05, 4.69) is 24.3 Å². The van der Waals surface area contributed by atoms with Gasteiger partial charge in [0, 0.05) is 19.0 Å². The number of halogens is 1. The third kappa shape index (κ3) is 2.97. The van der Waals surface area contributed by atoms with Crippen molar-refractivity contribution < 1.29 is 19.1 Å². The van der Waals surface area contributed by atoms with Gasteiger partial charge in [-0.1, -0.05) is 42.5 Å². The summed E-state index contributed by atoms with van der Waals surface area (Å²) in [5.74, 6) is -1.35. The van der Waals surface area contributed by atoms with Gasteiger partial charge in [0.25, 0.3) is 0 Å². The van der Waals surface area contributed by atoms with Crippen LogP contribution >= 0.6 is 0 Å². The number of hydrogen-bond acceptors (Lipinski definition) is 2. The van der Waals surface area contributed by atoms with Crippen LogP contribution in [0.25, 0.3) is 10.8 Å². The summed E-state index contributed by atoms with van der Waals surface area (Å²) in [6, 6.07) is 16.9. The molecular weight excluding hydrogens is 369 g/mol. The van der Waals surface area contributed by atoms with E-state index in [1.165, 1.54) is 23.1 Å². The largest absolute Gasteiger partial charge is 0.478 e. The number of fused-ring (bicyclic) bond motifs is 2. The van der Waals surface area contributed by atoms with E-state index < -0.39 is 11.8 Å². The molecule has 1 N–H and O–H groups in total. The van der Waals surface area contributed by atoms with Crippen molar-refractivity contribution in [2.24, 2.45) is 5.92 Å². The Morgan fingerprint density at radius 1 is 1.00 bits per heavy atom. The molecule has 0 bridgehead atoms. The molecule has 2 aliphatic rings. The number of carbonyl (C=O) groups is 2. The Labute approximate surface area is 167 Å². The fourth-order valence-electron chi connectivity index (χ4n) is 4.64. The van der Waals surface area contributed by atoms with Crippen molar-refractivity contribution >= 4 is 22.6 Å². The Kier molecular flexibility index (Phi) is 4.12. The molecule has 146 valence electrons. The number of carboxylic acid groups (broad SMARTS) is 1. The van der Waals surface area contributed by atoms with Gasteiger partial charge in [-0.3, -0.25) is 4.79 Å². The van der Waals surface area contributed by atoms with E-state index in [4.69, 9.17) is 0 Å². The topological polar surface area (TPSA) is 57.6 Å². The summed E-state index contributed by atoms with van der Waals surface area (Å²) in [5, 5.41) is 11.8. The average Bonchev–Trinajstić information content (AvgIpc) is 3.53. The van der Waals surface area contributed by atoms with Gasteiger partial charge in [-0.25, -0.2) is 9.18 Å². The maximum Gasteiger partial charge on any atom is 0.336 e. The van der Waals surface area contributed by atoms with Gasteiger partial charge in [0.1, 0.15) is 5.82 Å². The molecule has 0 spiro atoms. The van der Waals surface area contributed by atoms with Crippen molar-refractivity contribution in [3.05, 3.63) is 82.7 Å². The zero-order valence-corrected chi connectivity index (χ0v) is 15.8. The van der Waals surface area contributed by atoms with Crippen molar-refractivity contribution in [2.45, 2.75) is 25.3 Å². The van der Waals surface area contributed by atoms with Gasteiger partial charge >= 0.3 is 5.97 Å². The molecule has 0 saturated heterocycles. The molecular formula is C24H20FNO3. The first-order valence-electron chi connectivity index (χ1n) is 9.84. The summed E-state index contributed by atoms with van der Waals surface area (Å²) >= 11 is 0. The van der Waals surface area contributed by atoms with Crippen LogP contribution in [0.3, 0.4) is 0 Å². The molecule has 0 aromatic heterocycles. The van der Waals surface area contributed by atoms with Crippen LogP contribution in [0.5, 0.6) is 0 Å². The zero-order chi connectivity index (χ0) is 20.1. The molecule has 4 nitrogen and oxygen atoms in total. The van der Waals surface area contributed by atoms with Gasteiger partial charge in [-0.05, 0) is 58.4 Å². The highest BCUT2D eigenvalue weighted by Crippen LogP contribution is 2.50. The van der Waals surface area contributed by atoms with E-state index in [0.717, 1.165) is 11.8 Å². The normalized spacial score (nSPS) is 20.4. The van der Waals surface area contributed by atoms with Gasteiger partial charge in [0.2, 0.25) is 5.91 Å². The van der Waals surface area contributed by atoms with Crippen molar-refractivity contribution in [1.82, 2.24) is 4.90 Å². The first kappa shape index (κ1) is 17.9. The summed E-state index contributed by atoms with van der Waals surface area (Å²) in [7, 11) is 0. The van der Waals surface area contributed by atoms with Gasteiger partial charge in [-0.15, -0.1) is 0 Å². The van der Waals surface area contributed by atoms with E-state index in [-0.39, 0.29) is 29.9 Å². The standard InChI is InChI=1S/C24H20FNO3/c25-22-9-8-18(24(28)29)21-13-26(11-10-17(21)22)23(27)20-12-19(20)16-7-3-5-14-4-1-2-6-15(14)16/h1-9,19-20H,10-13H2,(H,28,29). The summed E-state index contributed by atoms with van der Waals surface area (Å²) in [5.41, 5.74) is 2.13. The fourth-order valence-corrected chi connectivity index (χ4v) is 4.64. The maximum atomic E-state index is 14.1. The van der Waals surface area contributed by atoms with Crippen LogP contribution < -0.4 is 0 Å². The number of aromatic carboxylic acids is 1.